The Bertz CT molecular complexity index is 1230. The number of hydrogen-bond donors (Lipinski definition) is 2. The van der Waals surface area contributed by atoms with Crippen LogP contribution >= 0.6 is 12.2 Å². The topological polar surface area (TPSA) is 103 Å². The molecule has 8 heteroatoms. The average Bonchev–Trinajstić information content (AvgIpc) is 3.11. The second-order valence-corrected chi connectivity index (χ2v) is 6.45. The van der Waals surface area contributed by atoms with E-state index in [2.05, 4.69) is 0 Å². The van der Waals surface area contributed by atoms with E-state index in [0.29, 0.717) is 40.4 Å². The molecule has 0 aliphatic carbocycles. The third-order valence-corrected chi connectivity index (χ3v) is 4.55. The quantitative estimate of drug-likeness (QED) is 0.322. The molecule has 0 amide bonds. The fourth-order valence-electron chi connectivity index (χ4n) is 3.03. The van der Waals surface area contributed by atoms with Crippen LogP contribution in [0, 0.1) is 6.92 Å². The minimum Gasteiger partial charge on any atom is -0.466 e. The van der Waals surface area contributed by atoms with Crippen molar-refractivity contribution in [1.82, 2.24) is 9.38 Å². The van der Waals surface area contributed by atoms with Crippen LogP contribution in [0.5, 0.6) is 0 Å². The lowest BCUT2D eigenvalue weighted by atomic mass is 10.2. The van der Waals surface area contributed by atoms with Crippen LogP contribution < -0.4 is 21.6 Å². The number of anilines is 1. The van der Waals surface area contributed by atoms with Gasteiger partial charge in [0.1, 0.15) is 22.7 Å². The van der Waals surface area contributed by atoms with Crippen molar-refractivity contribution in [2.75, 3.05) is 5.73 Å². The number of thiocarbonyl (C=S) groups is 1. The Kier molecular flexibility index (Phi) is 3.69. The van der Waals surface area contributed by atoms with Crippen LogP contribution in [0.3, 0.4) is 0 Å². The van der Waals surface area contributed by atoms with E-state index in [1.807, 2.05) is 19.1 Å². The molecule has 0 bridgehead atoms. The zero-order chi connectivity index (χ0) is 18.4. The predicted molar refractivity (Wildman–Crippen MR) is 102 cm³/mol. The molecule has 0 saturated heterocycles. The van der Waals surface area contributed by atoms with Crippen molar-refractivity contribution >= 4 is 39.7 Å². The van der Waals surface area contributed by atoms with E-state index in [-0.39, 0.29) is 10.5 Å². The largest absolute Gasteiger partial charge is 0.466 e. The van der Waals surface area contributed by atoms with Crippen molar-refractivity contribution in [2.24, 2.45) is 5.73 Å². The molecule has 0 aromatic carbocycles. The summed E-state index contributed by atoms with van der Waals surface area (Å²) in [7, 11) is 0. The van der Waals surface area contributed by atoms with Gasteiger partial charge in [-0.3, -0.25) is 9.20 Å². The van der Waals surface area contributed by atoms with Crippen molar-refractivity contribution in [2.45, 2.75) is 13.5 Å². The lowest BCUT2D eigenvalue weighted by Crippen LogP contribution is -2.42. The lowest BCUT2D eigenvalue weighted by Gasteiger charge is -2.11. The van der Waals surface area contributed by atoms with Crippen LogP contribution in [0.25, 0.3) is 16.7 Å². The first-order valence-electron chi connectivity index (χ1n) is 7.93. The highest BCUT2D eigenvalue weighted by atomic mass is 32.1. The highest BCUT2D eigenvalue weighted by molar-refractivity contribution is 7.80. The third-order valence-electron chi connectivity index (χ3n) is 4.33. The molecule has 4 rings (SSSR count). The maximum absolute atomic E-state index is 13.0. The molecule has 0 saturated carbocycles. The molecule has 7 nitrogen and oxygen atoms in total. The van der Waals surface area contributed by atoms with E-state index in [1.165, 1.54) is 4.40 Å². The van der Waals surface area contributed by atoms with Gasteiger partial charge in [-0.25, -0.2) is 4.57 Å². The second-order valence-electron chi connectivity index (χ2n) is 6.01. The van der Waals surface area contributed by atoms with E-state index in [9.17, 15) is 4.79 Å². The molecule has 26 heavy (non-hydrogen) atoms. The average molecular weight is 366 g/mol. The van der Waals surface area contributed by atoms with E-state index in [0.717, 1.165) is 5.56 Å². The monoisotopic (exact) mass is 366 g/mol. The van der Waals surface area contributed by atoms with Crippen molar-refractivity contribution in [3.63, 3.8) is 0 Å². The first-order valence-corrected chi connectivity index (χ1v) is 8.34. The summed E-state index contributed by atoms with van der Waals surface area (Å²) in [6.07, 6.45) is 3.26. The van der Waals surface area contributed by atoms with Gasteiger partial charge in [0.05, 0.1) is 11.8 Å². The number of nitrogen functional groups attached to an aromatic ring is 1. The summed E-state index contributed by atoms with van der Waals surface area (Å²) >= 11 is 5.11. The molecule has 0 aliphatic rings. The molecular weight excluding hydrogens is 350 g/mol. The van der Waals surface area contributed by atoms with Gasteiger partial charge in [0.15, 0.2) is 0 Å². The number of pyridine rings is 2. The van der Waals surface area contributed by atoms with Crippen molar-refractivity contribution in [1.29, 1.82) is 0 Å². The zero-order valence-electron chi connectivity index (χ0n) is 14.0. The number of rotatable bonds is 3. The Morgan fingerprint density at radius 2 is 2.19 bits per heavy atom. The Balaban J connectivity index is 2.16. The first-order chi connectivity index (χ1) is 12.5. The summed E-state index contributed by atoms with van der Waals surface area (Å²) in [5.41, 5.74) is 14.3. The molecule has 4 N–H and O–H groups in total. The van der Waals surface area contributed by atoms with Gasteiger partial charge in [-0.05, 0) is 31.2 Å². The van der Waals surface area contributed by atoms with Gasteiger partial charge in [0.25, 0.3) is 11.2 Å². The van der Waals surface area contributed by atoms with Crippen LogP contribution in [0.15, 0.2) is 52.0 Å². The van der Waals surface area contributed by atoms with Crippen LogP contribution in [-0.4, -0.2) is 14.4 Å². The predicted octanol–water partition coefficient (Wildman–Crippen LogP) is 1.30. The van der Waals surface area contributed by atoms with Gasteiger partial charge < -0.3 is 15.9 Å². The Labute approximate surface area is 153 Å². The van der Waals surface area contributed by atoms with Crippen LogP contribution in [0.1, 0.15) is 16.9 Å². The molecule has 0 radical (unpaired) electrons. The molecule has 0 aliphatic heterocycles. The minimum atomic E-state index is -0.209. The smallest absolute Gasteiger partial charge is 0.278 e. The highest BCUT2D eigenvalue weighted by Gasteiger charge is 2.23. The molecule has 0 spiro atoms. The number of hydrogen-bond acceptors (Lipinski definition) is 5. The number of nitrogens with zero attached hydrogens (tertiary/aromatic N) is 3. The fraction of sp³-hybridized carbons (Fsp3) is 0.111. The van der Waals surface area contributed by atoms with Crippen molar-refractivity contribution in [3.05, 3.63) is 70.0 Å². The van der Waals surface area contributed by atoms with Gasteiger partial charge >= 0.3 is 0 Å². The summed E-state index contributed by atoms with van der Waals surface area (Å²) in [5, 5.41) is 0.386. The molecular formula is C18H16N5O2S+. The number of fused-ring (bicyclic) bond motifs is 2. The standard InChI is InChI=1S/C18H15N5O2S/c1-10-4-2-6-22-16(10)21-17-13(18(22)24)8-12(15(20)26)14(19)23(17)9-11-5-3-7-25-11/h2-8,19H,9H2,1H3,(H2,20,26)/p+1. The molecule has 4 aromatic heterocycles. The SMILES string of the molecule is Cc1cccn2c(=O)c3cc(C(N)=S)c(N)[n+](Cc4ccco4)c3nc12. The molecule has 4 heterocycles. The molecule has 0 fully saturated rings. The van der Waals surface area contributed by atoms with E-state index in [4.69, 9.17) is 33.1 Å². The number of furan rings is 1. The van der Waals surface area contributed by atoms with Gasteiger partial charge in [-0.1, -0.05) is 23.3 Å². The second kappa shape index (κ2) is 5.92. The van der Waals surface area contributed by atoms with E-state index < -0.39 is 0 Å². The zero-order valence-corrected chi connectivity index (χ0v) is 14.8. The highest BCUT2D eigenvalue weighted by Crippen LogP contribution is 2.16. The van der Waals surface area contributed by atoms with Crippen LogP contribution in [-0.2, 0) is 6.54 Å². The number of nitrogens with two attached hydrogens (primary N) is 2. The van der Waals surface area contributed by atoms with Crippen LogP contribution in [0.4, 0.5) is 5.82 Å². The van der Waals surface area contributed by atoms with E-state index in [1.54, 1.807) is 35.2 Å². The summed E-state index contributed by atoms with van der Waals surface area (Å²) in [6, 6.07) is 8.92. The minimum absolute atomic E-state index is 0.117. The van der Waals surface area contributed by atoms with Crippen molar-refractivity contribution < 1.29 is 8.98 Å². The summed E-state index contributed by atoms with van der Waals surface area (Å²) in [5.74, 6) is 1.01. The van der Waals surface area contributed by atoms with Gasteiger partial charge in [0.2, 0.25) is 11.5 Å². The van der Waals surface area contributed by atoms with Gasteiger partial charge in [-0.15, -0.1) is 0 Å². The normalized spacial score (nSPS) is 11.3. The Hall–Kier alpha value is -3.26. The first kappa shape index (κ1) is 16.2. The Morgan fingerprint density at radius 3 is 2.88 bits per heavy atom. The fourth-order valence-corrected chi connectivity index (χ4v) is 3.19. The summed E-state index contributed by atoms with van der Waals surface area (Å²) in [4.78, 5) is 17.9. The molecule has 130 valence electrons. The summed E-state index contributed by atoms with van der Waals surface area (Å²) in [6.45, 7) is 2.21. The van der Waals surface area contributed by atoms with Crippen molar-refractivity contribution in [3.8, 4) is 0 Å². The Morgan fingerprint density at radius 1 is 1.38 bits per heavy atom. The lowest BCUT2D eigenvalue weighted by molar-refractivity contribution is -0.651. The third kappa shape index (κ3) is 2.42. The van der Waals surface area contributed by atoms with Gasteiger partial charge in [-0.2, -0.15) is 0 Å². The molecule has 0 atom stereocenters. The molecule has 0 unspecified atom stereocenters. The summed E-state index contributed by atoms with van der Waals surface area (Å²) < 4.78 is 8.64. The van der Waals surface area contributed by atoms with Crippen LogP contribution in [0.2, 0.25) is 0 Å². The maximum atomic E-state index is 13.0. The molecule has 4 aromatic rings. The maximum Gasteiger partial charge on any atom is 0.278 e. The number of aromatic nitrogens is 3. The van der Waals surface area contributed by atoms with E-state index >= 15 is 0 Å². The number of aryl methyl sites for hydroxylation is 1. The van der Waals surface area contributed by atoms with Gasteiger partial charge in [0, 0.05) is 11.8 Å².